The summed E-state index contributed by atoms with van der Waals surface area (Å²) in [5, 5.41) is 3.49. The van der Waals surface area contributed by atoms with Crippen molar-refractivity contribution in [2.24, 2.45) is 17.8 Å². The maximum atomic E-state index is 6.17. The van der Waals surface area contributed by atoms with Crippen LogP contribution in [0.15, 0.2) is 12.2 Å². The number of nitrogens with one attached hydrogen (secondary N) is 1. The van der Waals surface area contributed by atoms with Gasteiger partial charge in [-0.1, -0.05) is 46.8 Å². The van der Waals surface area contributed by atoms with Crippen LogP contribution < -0.4 is 5.32 Å². The lowest BCUT2D eigenvalue weighted by atomic mass is 9.85. The fourth-order valence-electron chi connectivity index (χ4n) is 2.33. The molecule has 1 N–H and O–H groups in total. The number of rotatable bonds is 7. The molecule has 106 valence electrons. The van der Waals surface area contributed by atoms with E-state index in [1.54, 1.807) is 0 Å². The molecule has 0 saturated carbocycles. The van der Waals surface area contributed by atoms with Gasteiger partial charge in [-0.2, -0.15) is 0 Å². The van der Waals surface area contributed by atoms with E-state index in [0.29, 0.717) is 24.0 Å². The van der Waals surface area contributed by atoms with Gasteiger partial charge >= 0.3 is 0 Å². The van der Waals surface area contributed by atoms with E-state index in [4.69, 9.17) is 4.74 Å². The molecule has 0 fully saturated rings. The molecule has 0 heterocycles. The molecule has 1 aliphatic rings. The first-order chi connectivity index (χ1) is 8.50. The number of allylic oxidation sites excluding steroid dienone is 2. The van der Waals surface area contributed by atoms with Gasteiger partial charge in [0.2, 0.25) is 0 Å². The highest BCUT2D eigenvalue weighted by Crippen LogP contribution is 2.25. The predicted octanol–water partition coefficient (Wildman–Crippen LogP) is 3.63. The van der Waals surface area contributed by atoms with Crippen molar-refractivity contribution in [3.8, 4) is 0 Å². The SMILES string of the molecule is CC(C)NCC(OCC1CC=CCC1C)C(C)C. The first kappa shape index (κ1) is 15.7. The Balaban J connectivity index is 2.34. The zero-order chi connectivity index (χ0) is 13.5. The summed E-state index contributed by atoms with van der Waals surface area (Å²) >= 11 is 0. The summed E-state index contributed by atoms with van der Waals surface area (Å²) < 4.78 is 6.17. The smallest absolute Gasteiger partial charge is 0.0722 e. The molecule has 0 aromatic heterocycles. The molecule has 2 nitrogen and oxygen atoms in total. The molecule has 0 bridgehead atoms. The van der Waals surface area contributed by atoms with E-state index in [1.165, 1.54) is 12.8 Å². The standard InChI is InChI=1S/C16H31NO/c1-12(2)16(10-17-13(3)4)18-11-15-9-7-6-8-14(15)5/h6-7,12-17H,8-11H2,1-5H3. The lowest BCUT2D eigenvalue weighted by Gasteiger charge is -2.29. The van der Waals surface area contributed by atoms with Gasteiger partial charge in [0.05, 0.1) is 12.7 Å². The predicted molar refractivity (Wildman–Crippen MR) is 78.7 cm³/mol. The second-order valence-electron chi connectivity index (χ2n) is 6.36. The van der Waals surface area contributed by atoms with Crippen molar-refractivity contribution in [2.45, 2.75) is 59.6 Å². The zero-order valence-electron chi connectivity index (χ0n) is 12.8. The second kappa shape index (κ2) is 7.96. The molecular formula is C16H31NO. The summed E-state index contributed by atoms with van der Waals surface area (Å²) in [6.45, 7) is 13.1. The van der Waals surface area contributed by atoms with Gasteiger partial charge in [-0.15, -0.1) is 0 Å². The molecule has 3 atom stereocenters. The first-order valence-electron chi connectivity index (χ1n) is 7.50. The molecule has 0 aromatic carbocycles. The number of hydrogen-bond acceptors (Lipinski definition) is 2. The number of ether oxygens (including phenoxy) is 1. The lowest BCUT2D eigenvalue weighted by molar-refractivity contribution is -0.00803. The van der Waals surface area contributed by atoms with Gasteiger partial charge < -0.3 is 10.1 Å². The Hall–Kier alpha value is -0.340. The molecule has 0 spiro atoms. The Kier molecular flexibility index (Phi) is 6.95. The molecule has 0 amide bonds. The van der Waals surface area contributed by atoms with Crippen LogP contribution in [0.5, 0.6) is 0 Å². The fourth-order valence-corrected chi connectivity index (χ4v) is 2.33. The van der Waals surface area contributed by atoms with Crippen molar-refractivity contribution in [3.05, 3.63) is 12.2 Å². The minimum atomic E-state index is 0.338. The van der Waals surface area contributed by atoms with Crippen molar-refractivity contribution in [1.82, 2.24) is 5.32 Å². The third-order valence-corrected chi connectivity index (χ3v) is 3.91. The van der Waals surface area contributed by atoms with Crippen LogP contribution >= 0.6 is 0 Å². The van der Waals surface area contributed by atoms with E-state index in [0.717, 1.165) is 19.1 Å². The lowest BCUT2D eigenvalue weighted by Crippen LogP contribution is -2.38. The quantitative estimate of drug-likeness (QED) is 0.700. The molecular weight excluding hydrogens is 222 g/mol. The summed E-state index contributed by atoms with van der Waals surface area (Å²) in [6, 6.07) is 0.534. The molecule has 1 aliphatic carbocycles. The van der Waals surface area contributed by atoms with Gasteiger partial charge in [-0.3, -0.25) is 0 Å². The molecule has 0 saturated heterocycles. The Labute approximate surface area is 113 Å². The fraction of sp³-hybridized carbons (Fsp3) is 0.875. The van der Waals surface area contributed by atoms with E-state index >= 15 is 0 Å². The molecule has 1 rings (SSSR count). The molecule has 0 radical (unpaired) electrons. The summed E-state index contributed by atoms with van der Waals surface area (Å²) in [4.78, 5) is 0. The van der Waals surface area contributed by atoms with Gasteiger partial charge in [-0.05, 0) is 30.6 Å². The molecule has 2 heteroatoms. The van der Waals surface area contributed by atoms with E-state index in [1.807, 2.05) is 0 Å². The third-order valence-electron chi connectivity index (χ3n) is 3.91. The zero-order valence-corrected chi connectivity index (χ0v) is 12.8. The third kappa shape index (κ3) is 5.53. The van der Waals surface area contributed by atoms with Crippen LogP contribution in [0.25, 0.3) is 0 Å². The first-order valence-corrected chi connectivity index (χ1v) is 7.50. The Morgan fingerprint density at radius 1 is 1.17 bits per heavy atom. The Morgan fingerprint density at radius 2 is 1.83 bits per heavy atom. The van der Waals surface area contributed by atoms with Gasteiger partial charge in [0.25, 0.3) is 0 Å². The van der Waals surface area contributed by atoms with E-state index in [-0.39, 0.29) is 0 Å². The van der Waals surface area contributed by atoms with Crippen molar-refractivity contribution in [2.75, 3.05) is 13.2 Å². The summed E-state index contributed by atoms with van der Waals surface area (Å²) in [5.74, 6) is 2.04. The number of hydrogen-bond donors (Lipinski definition) is 1. The van der Waals surface area contributed by atoms with Crippen molar-refractivity contribution in [3.63, 3.8) is 0 Å². The van der Waals surface area contributed by atoms with Gasteiger partial charge in [0.1, 0.15) is 0 Å². The highest BCUT2D eigenvalue weighted by atomic mass is 16.5. The monoisotopic (exact) mass is 253 g/mol. The van der Waals surface area contributed by atoms with Crippen molar-refractivity contribution >= 4 is 0 Å². The molecule has 18 heavy (non-hydrogen) atoms. The van der Waals surface area contributed by atoms with Gasteiger partial charge in [-0.25, -0.2) is 0 Å². The molecule has 3 unspecified atom stereocenters. The Morgan fingerprint density at radius 3 is 2.39 bits per heavy atom. The maximum absolute atomic E-state index is 6.17. The normalized spacial score (nSPS) is 25.9. The van der Waals surface area contributed by atoms with Gasteiger partial charge in [0.15, 0.2) is 0 Å². The summed E-state index contributed by atoms with van der Waals surface area (Å²) in [7, 11) is 0. The van der Waals surface area contributed by atoms with Crippen molar-refractivity contribution < 1.29 is 4.74 Å². The maximum Gasteiger partial charge on any atom is 0.0722 e. The Bertz CT molecular complexity index is 247. The van der Waals surface area contributed by atoms with Crippen LogP contribution in [0, 0.1) is 17.8 Å². The average molecular weight is 253 g/mol. The summed E-state index contributed by atoms with van der Waals surface area (Å²) in [5.41, 5.74) is 0. The van der Waals surface area contributed by atoms with E-state index < -0.39 is 0 Å². The van der Waals surface area contributed by atoms with Gasteiger partial charge in [0, 0.05) is 12.6 Å². The van der Waals surface area contributed by atoms with E-state index in [2.05, 4.69) is 52.1 Å². The van der Waals surface area contributed by atoms with Crippen LogP contribution in [0.2, 0.25) is 0 Å². The van der Waals surface area contributed by atoms with Crippen LogP contribution in [0.3, 0.4) is 0 Å². The molecule has 0 aromatic rings. The topological polar surface area (TPSA) is 21.3 Å². The molecule has 0 aliphatic heterocycles. The van der Waals surface area contributed by atoms with Crippen LogP contribution in [0.4, 0.5) is 0 Å². The van der Waals surface area contributed by atoms with Crippen LogP contribution in [-0.4, -0.2) is 25.3 Å². The van der Waals surface area contributed by atoms with E-state index in [9.17, 15) is 0 Å². The van der Waals surface area contributed by atoms with Crippen LogP contribution in [-0.2, 0) is 4.74 Å². The highest BCUT2D eigenvalue weighted by Gasteiger charge is 2.21. The highest BCUT2D eigenvalue weighted by molar-refractivity contribution is 4.93. The summed E-state index contributed by atoms with van der Waals surface area (Å²) in [6.07, 6.45) is 7.35. The average Bonchev–Trinajstić information content (AvgIpc) is 2.30. The second-order valence-corrected chi connectivity index (χ2v) is 6.36. The minimum Gasteiger partial charge on any atom is -0.376 e. The van der Waals surface area contributed by atoms with Crippen molar-refractivity contribution in [1.29, 1.82) is 0 Å². The minimum absolute atomic E-state index is 0.338. The largest absolute Gasteiger partial charge is 0.376 e. The van der Waals surface area contributed by atoms with Crippen LogP contribution in [0.1, 0.15) is 47.5 Å².